The summed E-state index contributed by atoms with van der Waals surface area (Å²) in [4.78, 5) is 26.3. The zero-order chi connectivity index (χ0) is 15.4. The summed E-state index contributed by atoms with van der Waals surface area (Å²) < 4.78 is 10.0. The average molecular weight is 285 g/mol. The van der Waals surface area contributed by atoms with E-state index in [1.165, 1.54) is 7.11 Å². The predicted octanol–water partition coefficient (Wildman–Crippen LogP) is 2.64. The summed E-state index contributed by atoms with van der Waals surface area (Å²) in [7, 11) is 1.47. The van der Waals surface area contributed by atoms with E-state index in [1.807, 2.05) is 6.92 Å². The van der Waals surface area contributed by atoms with Gasteiger partial charge in [0.1, 0.15) is 12.2 Å². The summed E-state index contributed by atoms with van der Waals surface area (Å²) >= 11 is 0. The van der Waals surface area contributed by atoms with Crippen LogP contribution in [0.15, 0.2) is 5.11 Å². The van der Waals surface area contributed by atoms with Crippen molar-refractivity contribution in [2.75, 3.05) is 20.3 Å². The number of carbonyl (C=O) groups excluding carboxylic acids is 2. The van der Waals surface area contributed by atoms with Crippen LogP contribution in [0, 0.1) is 5.92 Å². The minimum absolute atomic E-state index is 0.0793. The lowest BCUT2D eigenvalue weighted by atomic mass is 9.90. The number of esters is 1. The molecule has 0 unspecified atom stereocenters. The van der Waals surface area contributed by atoms with E-state index in [2.05, 4.69) is 10.0 Å². The molecule has 0 fully saturated rings. The standard InChI is InChI=1S/C13H23N3O4/c1-4-6-7-10(12(19-3)9-15-16-14)11(17)8-13(18)20-5-2/h10,12H,4-9H2,1-3H3/t10-,12-/m1/s1. The molecule has 0 aliphatic heterocycles. The first kappa shape index (κ1) is 18.4. The molecule has 0 rings (SSSR count). The molecule has 0 aromatic rings. The summed E-state index contributed by atoms with van der Waals surface area (Å²) in [6, 6.07) is 0. The molecule has 20 heavy (non-hydrogen) atoms. The van der Waals surface area contributed by atoms with Crippen molar-refractivity contribution in [1.82, 2.24) is 0 Å². The van der Waals surface area contributed by atoms with Gasteiger partial charge in [0.15, 0.2) is 0 Å². The first-order valence-corrected chi connectivity index (χ1v) is 6.82. The number of unbranched alkanes of at least 4 members (excludes halogenated alkanes) is 1. The second kappa shape index (κ2) is 11.3. The number of rotatable bonds is 11. The Labute approximate surface area is 119 Å². The Balaban J connectivity index is 4.77. The minimum Gasteiger partial charge on any atom is -0.466 e. The molecule has 0 amide bonds. The van der Waals surface area contributed by atoms with E-state index in [0.29, 0.717) is 6.42 Å². The average Bonchev–Trinajstić information content (AvgIpc) is 2.42. The summed E-state index contributed by atoms with van der Waals surface area (Å²) in [5.41, 5.74) is 8.37. The number of nitrogens with zero attached hydrogens (tertiary/aromatic N) is 3. The maximum Gasteiger partial charge on any atom is 0.313 e. The van der Waals surface area contributed by atoms with Gasteiger partial charge in [0, 0.05) is 17.9 Å². The quantitative estimate of drug-likeness (QED) is 0.191. The molecule has 0 N–H and O–H groups in total. The first-order valence-electron chi connectivity index (χ1n) is 6.82. The van der Waals surface area contributed by atoms with Crippen LogP contribution in [0.3, 0.4) is 0 Å². The summed E-state index contributed by atoms with van der Waals surface area (Å²) in [6.45, 7) is 4.03. The van der Waals surface area contributed by atoms with Crippen molar-refractivity contribution in [2.24, 2.45) is 11.0 Å². The monoisotopic (exact) mass is 285 g/mol. The second-order valence-corrected chi connectivity index (χ2v) is 4.38. The van der Waals surface area contributed by atoms with Gasteiger partial charge in [0.25, 0.3) is 0 Å². The molecule has 114 valence electrons. The zero-order valence-electron chi connectivity index (χ0n) is 12.4. The summed E-state index contributed by atoms with van der Waals surface area (Å²) in [6.07, 6.45) is 1.61. The molecule has 0 heterocycles. The Morgan fingerprint density at radius 2 is 2.05 bits per heavy atom. The SMILES string of the molecule is CCCC[C@H](C(=O)CC(=O)OCC)[C@@H](CN=[N+]=[N-])OC. The van der Waals surface area contributed by atoms with Gasteiger partial charge in [-0.05, 0) is 18.9 Å². The fraction of sp³-hybridized carbons (Fsp3) is 0.846. The minimum atomic E-state index is -0.530. The van der Waals surface area contributed by atoms with E-state index in [1.54, 1.807) is 6.92 Å². The number of ketones is 1. The van der Waals surface area contributed by atoms with Crippen LogP contribution in [0.25, 0.3) is 10.4 Å². The van der Waals surface area contributed by atoms with Crippen LogP contribution in [-0.4, -0.2) is 38.1 Å². The summed E-state index contributed by atoms with van der Waals surface area (Å²) in [5, 5.41) is 3.46. The highest BCUT2D eigenvalue weighted by Gasteiger charge is 2.29. The zero-order valence-corrected chi connectivity index (χ0v) is 12.4. The van der Waals surface area contributed by atoms with Crippen molar-refractivity contribution in [3.8, 4) is 0 Å². The fourth-order valence-corrected chi connectivity index (χ4v) is 1.95. The molecule has 0 saturated carbocycles. The number of carbonyl (C=O) groups is 2. The maximum absolute atomic E-state index is 12.2. The Bertz CT molecular complexity index is 354. The third-order valence-electron chi connectivity index (χ3n) is 2.98. The third-order valence-corrected chi connectivity index (χ3v) is 2.98. The van der Waals surface area contributed by atoms with Crippen LogP contribution >= 0.6 is 0 Å². The number of Topliss-reactive ketones (excluding diaryl/α,β-unsaturated/α-hetero) is 1. The van der Waals surface area contributed by atoms with Crippen molar-refractivity contribution in [1.29, 1.82) is 0 Å². The molecule has 0 spiro atoms. The van der Waals surface area contributed by atoms with Gasteiger partial charge < -0.3 is 9.47 Å². The molecule has 0 aliphatic carbocycles. The molecule has 0 aromatic heterocycles. The van der Waals surface area contributed by atoms with Crippen LogP contribution in [-0.2, 0) is 19.1 Å². The number of hydrogen-bond donors (Lipinski definition) is 0. The Kier molecular flexibility index (Phi) is 10.4. The molecular formula is C13H23N3O4. The molecule has 7 nitrogen and oxygen atoms in total. The molecule has 0 aliphatic rings. The number of ether oxygens (including phenoxy) is 2. The lowest BCUT2D eigenvalue weighted by Gasteiger charge is -2.23. The van der Waals surface area contributed by atoms with Gasteiger partial charge in [-0.3, -0.25) is 9.59 Å². The number of hydrogen-bond acceptors (Lipinski definition) is 5. The predicted molar refractivity (Wildman–Crippen MR) is 74.1 cm³/mol. The molecule has 0 aromatic carbocycles. The molecule has 0 saturated heterocycles. The van der Waals surface area contributed by atoms with E-state index in [9.17, 15) is 9.59 Å². The van der Waals surface area contributed by atoms with Gasteiger partial charge in [-0.1, -0.05) is 24.9 Å². The lowest BCUT2D eigenvalue weighted by molar-refractivity contribution is -0.147. The van der Waals surface area contributed by atoms with Crippen LogP contribution in [0.1, 0.15) is 39.5 Å². The summed E-state index contributed by atoms with van der Waals surface area (Å²) in [5.74, 6) is -1.20. The van der Waals surface area contributed by atoms with Crippen molar-refractivity contribution in [3.63, 3.8) is 0 Å². The van der Waals surface area contributed by atoms with Gasteiger partial charge in [0.2, 0.25) is 0 Å². The van der Waals surface area contributed by atoms with Gasteiger partial charge in [0.05, 0.1) is 19.3 Å². The topological polar surface area (TPSA) is 101 Å². The van der Waals surface area contributed by atoms with Gasteiger partial charge in [-0.2, -0.15) is 0 Å². The van der Waals surface area contributed by atoms with E-state index in [4.69, 9.17) is 15.0 Å². The fourth-order valence-electron chi connectivity index (χ4n) is 1.95. The van der Waals surface area contributed by atoms with Crippen LogP contribution in [0.4, 0.5) is 0 Å². The van der Waals surface area contributed by atoms with Gasteiger partial charge in [-0.25, -0.2) is 0 Å². The van der Waals surface area contributed by atoms with Crippen molar-refractivity contribution in [3.05, 3.63) is 10.4 Å². The first-order chi connectivity index (χ1) is 9.60. The Morgan fingerprint density at radius 3 is 2.55 bits per heavy atom. The normalized spacial score (nSPS) is 13.2. The molecule has 2 atom stereocenters. The maximum atomic E-state index is 12.2. The molecule has 0 bridgehead atoms. The largest absolute Gasteiger partial charge is 0.466 e. The molecule has 7 heteroatoms. The van der Waals surface area contributed by atoms with E-state index in [-0.39, 0.29) is 25.4 Å². The van der Waals surface area contributed by atoms with E-state index < -0.39 is 18.0 Å². The number of methoxy groups -OCH3 is 1. The van der Waals surface area contributed by atoms with E-state index >= 15 is 0 Å². The Hall–Kier alpha value is -1.59. The van der Waals surface area contributed by atoms with Crippen molar-refractivity contribution >= 4 is 11.8 Å². The Morgan fingerprint density at radius 1 is 1.35 bits per heavy atom. The van der Waals surface area contributed by atoms with Gasteiger partial charge >= 0.3 is 5.97 Å². The second-order valence-electron chi connectivity index (χ2n) is 4.38. The van der Waals surface area contributed by atoms with Crippen LogP contribution in [0.2, 0.25) is 0 Å². The highest BCUT2D eigenvalue weighted by Crippen LogP contribution is 2.19. The smallest absolute Gasteiger partial charge is 0.313 e. The lowest BCUT2D eigenvalue weighted by Crippen LogP contribution is -2.33. The highest BCUT2D eigenvalue weighted by molar-refractivity contribution is 5.97. The molecular weight excluding hydrogens is 262 g/mol. The highest BCUT2D eigenvalue weighted by atomic mass is 16.5. The van der Waals surface area contributed by atoms with Crippen molar-refractivity contribution < 1.29 is 19.1 Å². The third kappa shape index (κ3) is 7.11. The van der Waals surface area contributed by atoms with Crippen LogP contribution < -0.4 is 0 Å². The molecule has 0 radical (unpaired) electrons. The van der Waals surface area contributed by atoms with Crippen LogP contribution in [0.5, 0.6) is 0 Å². The van der Waals surface area contributed by atoms with Gasteiger partial charge in [-0.15, -0.1) is 0 Å². The van der Waals surface area contributed by atoms with Crippen molar-refractivity contribution in [2.45, 2.75) is 45.6 Å². The van der Waals surface area contributed by atoms with E-state index in [0.717, 1.165) is 12.8 Å². The number of azide groups is 1.